The van der Waals surface area contributed by atoms with Gasteiger partial charge in [0.1, 0.15) is 11.0 Å². The Morgan fingerprint density at radius 2 is 1.55 bits per heavy atom. The van der Waals surface area contributed by atoms with Crippen molar-refractivity contribution in [3.8, 4) is 0 Å². The van der Waals surface area contributed by atoms with Crippen LogP contribution in [-0.2, 0) is 12.8 Å². The fraction of sp³-hybridized carbons (Fsp3) is 0.111. The maximum absolute atomic E-state index is 4.60. The maximum Gasteiger partial charge on any atom is 0.152 e. The van der Waals surface area contributed by atoms with Gasteiger partial charge in [-0.1, -0.05) is 48.5 Å². The number of hydrogen-bond donors (Lipinski definition) is 0. The van der Waals surface area contributed by atoms with E-state index in [1.807, 2.05) is 42.5 Å². The molecule has 0 N–H and O–H groups in total. The Hall–Kier alpha value is -2.88. The molecular weight excluding hydrogens is 272 g/mol. The molecule has 22 heavy (non-hydrogen) atoms. The molecule has 4 aromatic rings. The molecule has 0 unspecified atom stereocenters. The highest BCUT2D eigenvalue weighted by molar-refractivity contribution is 6.00. The second-order valence-electron chi connectivity index (χ2n) is 5.22. The number of nitrogens with zero attached hydrogens (tertiary/aromatic N) is 4. The summed E-state index contributed by atoms with van der Waals surface area (Å²) >= 11 is 0. The average molecular weight is 286 g/mol. The molecule has 0 amide bonds. The predicted octanol–water partition coefficient (Wildman–Crippen LogP) is 3.36. The van der Waals surface area contributed by atoms with E-state index in [0.717, 1.165) is 40.6 Å². The quantitative estimate of drug-likeness (QED) is 0.542. The molecule has 0 radical (unpaired) electrons. The second-order valence-corrected chi connectivity index (χ2v) is 5.22. The summed E-state index contributed by atoms with van der Waals surface area (Å²) in [5, 5.41) is 9.65. The zero-order valence-electron chi connectivity index (χ0n) is 12.0. The number of rotatable bonds is 3. The van der Waals surface area contributed by atoms with Crippen LogP contribution in [0.1, 0.15) is 11.4 Å². The number of fused-ring (bicyclic) bond motifs is 3. The highest BCUT2D eigenvalue weighted by atomic mass is 15.2. The molecule has 0 fully saturated rings. The highest BCUT2D eigenvalue weighted by Gasteiger charge is 2.06. The molecular formula is C18H14N4. The minimum atomic E-state index is 0.758. The molecule has 0 spiro atoms. The lowest BCUT2D eigenvalue weighted by Gasteiger charge is -2.04. The van der Waals surface area contributed by atoms with E-state index in [2.05, 4.69) is 32.3 Å². The van der Waals surface area contributed by atoms with Gasteiger partial charge in [0.15, 0.2) is 5.82 Å². The fourth-order valence-corrected chi connectivity index (χ4v) is 2.58. The van der Waals surface area contributed by atoms with Gasteiger partial charge < -0.3 is 0 Å². The molecule has 4 rings (SSSR count). The summed E-state index contributed by atoms with van der Waals surface area (Å²) in [6.45, 7) is 0. The predicted molar refractivity (Wildman–Crippen MR) is 86.5 cm³/mol. The van der Waals surface area contributed by atoms with E-state index in [4.69, 9.17) is 0 Å². The van der Waals surface area contributed by atoms with Gasteiger partial charge in [-0.3, -0.25) is 4.98 Å². The molecule has 0 bridgehead atoms. The van der Waals surface area contributed by atoms with Crippen LogP contribution in [-0.4, -0.2) is 20.2 Å². The summed E-state index contributed by atoms with van der Waals surface area (Å²) in [7, 11) is 0. The SMILES string of the molecule is c1ccc(CCc2nnc3c(cnc4ccccc43)n2)cc1. The molecule has 0 atom stereocenters. The number of hydrogen-bond acceptors (Lipinski definition) is 4. The summed E-state index contributed by atoms with van der Waals surface area (Å²) in [4.78, 5) is 9.04. The zero-order chi connectivity index (χ0) is 14.8. The van der Waals surface area contributed by atoms with Crippen molar-refractivity contribution in [1.29, 1.82) is 0 Å². The molecule has 0 aliphatic heterocycles. The summed E-state index contributed by atoms with van der Waals surface area (Å²) < 4.78 is 0. The van der Waals surface area contributed by atoms with Gasteiger partial charge >= 0.3 is 0 Å². The van der Waals surface area contributed by atoms with Crippen LogP contribution in [0.4, 0.5) is 0 Å². The van der Waals surface area contributed by atoms with E-state index >= 15 is 0 Å². The van der Waals surface area contributed by atoms with Gasteiger partial charge in [-0.2, -0.15) is 0 Å². The van der Waals surface area contributed by atoms with Crippen LogP contribution in [0.2, 0.25) is 0 Å². The van der Waals surface area contributed by atoms with Gasteiger partial charge in [-0.05, 0) is 18.1 Å². The molecule has 4 heteroatoms. The van der Waals surface area contributed by atoms with Crippen molar-refractivity contribution in [1.82, 2.24) is 20.2 Å². The third kappa shape index (κ3) is 2.39. The van der Waals surface area contributed by atoms with Crippen molar-refractivity contribution in [2.75, 3.05) is 0 Å². The maximum atomic E-state index is 4.60. The third-order valence-corrected chi connectivity index (χ3v) is 3.72. The van der Waals surface area contributed by atoms with Crippen molar-refractivity contribution in [3.05, 3.63) is 72.2 Å². The van der Waals surface area contributed by atoms with Crippen LogP contribution in [0.3, 0.4) is 0 Å². The first-order valence-corrected chi connectivity index (χ1v) is 7.31. The summed E-state index contributed by atoms with van der Waals surface area (Å²) in [5.74, 6) is 0.758. The lowest BCUT2D eigenvalue weighted by atomic mass is 10.1. The van der Waals surface area contributed by atoms with E-state index in [9.17, 15) is 0 Å². The molecule has 0 saturated heterocycles. The molecule has 106 valence electrons. The van der Waals surface area contributed by atoms with E-state index in [0.29, 0.717) is 0 Å². The smallest absolute Gasteiger partial charge is 0.152 e. The van der Waals surface area contributed by atoms with Crippen molar-refractivity contribution in [3.63, 3.8) is 0 Å². The second kappa shape index (κ2) is 5.48. The minimum Gasteiger partial charge on any atom is -0.254 e. The molecule has 0 aliphatic rings. The Kier molecular flexibility index (Phi) is 3.20. The largest absolute Gasteiger partial charge is 0.254 e. The summed E-state index contributed by atoms with van der Waals surface area (Å²) in [5.41, 5.74) is 3.82. The standard InChI is InChI=1S/C18H14N4/c1-2-6-13(7-3-1)10-11-17-20-16-12-19-15-9-5-4-8-14(15)18(16)22-21-17/h1-9,12H,10-11H2. The van der Waals surface area contributed by atoms with Gasteiger partial charge in [0, 0.05) is 11.8 Å². The summed E-state index contributed by atoms with van der Waals surface area (Å²) in [6.07, 6.45) is 3.47. The lowest BCUT2D eigenvalue weighted by Crippen LogP contribution is -2.01. The Morgan fingerprint density at radius 3 is 2.45 bits per heavy atom. The fourth-order valence-electron chi connectivity index (χ4n) is 2.58. The minimum absolute atomic E-state index is 0.758. The van der Waals surface area contributed by atoms with Crippen molar-refractivity contribution >= 4 is 21.9 Å². The van der Waals surface area contributed by atoms with Crippen LogP contribution in [0.5, 0.6) is 0 Å². The van der Waals surface area contributed by atoms with Crippen molar-refractivity contribution in [2.45, 2.75) is 12.8 Å². The Balaban J connectivity index is 1.67. The van der Waals surface area contributed by atoms with Crippen LogP contribution < -0.4 is 0 Å². The first-order chi connectivity index (χ1) is 10.9. The molecule has 4 nitrogen and oxygen atoms in total. The van der Waals surface area contributed by atoms with Crippen LogP contribution in [0, 0.1) is 0 Å². The van der Waals surface area contributed by atoms with E-state index in [1.54, 1.807) is 6.20 Å². The lowest BCUT2D eigenvalue weighted by molar-refractivity contribution is 0.824. The normalized spacial score (nSPS) is 11.1. The molecule has 2 aromatic heterocycles. The highest BCUT2D eigenvalue weighted by Crippen LogP contribution is 2.19. The Bertz CT molecular complexity index is 935. The number of benzene rings is 2. The number of pyridine rings is 1. The first kappa shape index (κ1) is 12.8. The Morgan fingerprint density at radius 1 is 0.727 bits per heavy atom. The van der Waals surface area contributed by atoms with E-state index < -0.39 is 0 Å². The number of aromatic nitrogens is 4. The molecule has 2 aromatic carbocycles. The zero-order valence-corrected chi connectivity index (χ0v) is 12.0. The number of para-hydroxylation sites is 1. The topological polar surface area (TPSA) is 51.6 Å². The van der Waals surface area contributed by atoms with Gasteiger partial charge in [-0.15, -0.1) is 10.2 Å². The number of aryl methyl sites for hydroxylation is 2. The monoisotopic (exact) mass is 286 g/mol. The van der Waals surface area contributed by atoms with Crippen molar-refractivity contribution < 1.29 is 0 Å². The van der Waals surface area contributed by atoms with Crippen LogP contribution in [0.15, 0.2) is 60.8 Å². The van der Waals surface area contributed by atoms with Crippen LogP contribution in [0.25, 0.3) is 21.9 Å². The van der Waals surface area contributed by atoms with Crippen molar-refractivity contribution in [2.24, 2.45) is 0 Å². The molecule has 2 heterocycles. The first-order valence-electron chi connectivity index (χ1n) is 7.31. The summed E-state index contributed by atoms with van der Waals surface area (Å²) in [6, 6.07) is 18.3. The third-order valence-electron chi connectivity index (χ3n) is 3.72. The average Bonchev–Trinajstić information content (AvgIpc) is 2.60. The van der Waals surface area contributed by atoms with Gasteiger partial charge in [0.25, 0.3) is 0 Å². The van der Waals surface area contributed by atoms with Crippen LogP contribution >= 0.6 is 0 Å². The molecule has 0 saturated carbocycles. The van der Waals surface area contributed by atoms with Gasteiger partial charge in [0.05, 0.1) is 11.7 Å². The van der Waals surface area contributed by atoms with E-state index in [-0.39, 0.29) is 0 Å². The Labute approximate surface area is 127 Å². The molecule has 0 aliphatic carbocycles. The van der Waals surface area contributed by atoms with E-state index in [1.165, 1.54) is 5.56 Å². The van der Waals surface area contributed by atoms with Gasteiger partial charge in [0.2, 0.25) is 0 Å². The van der Waals surface area contributed by atoms with Gasteiger partial charge in [-0.25, -0.2) is 4.98 Å².